The number of rotatable bonds is 1. The molecule has 118 valence electrons. The highest BCUT2D eigenvalue weighted by Gasteiger charge is 2.14. The van der Waals surface area contributed by atoms with Crippen molar-refractivity contribution in [1.82, 2.24) is 0 Å². The van der Waals surface area contributed by atoms with Crippen molar-refractivity contribution >= 4 is 21.9 Å². The van der Waals surface area contributed by atoms with Crippen LogP contribution in [0, 0.1) is 0 Å². The average Bonchev–Trinajstić information content (AvgIpc) is 2.52. The van der Waals surface area contributed by atoms with Crippen LogP contribution < -0.4 is 11.3 Å². The van der Waals surface area contributed by atoms with Crippen molar-refractivity contribution in [2.75, 3.05) is 0 Å². The van der Waals surface area contributed by atoms with Crippen molar-refractivity contribution in [1.29, 1.82) is 0 Å². The Hall–Kier alpha value is -3.54. The third kappa shape index (κ3) is 2.21. The Bertz CT molecular complexity index is 1120. The fraction of sp³-hybridized carbons (Fsp3) is 0. The molecule has 0 bridgehead atoms. The second kappa shape index (κ2) is 4.99. The second-order valence-electron chi connectivity index (χ2n) is 5.32. The molecule has 2 heterocycles. The first kappa shape index (κ1) is 14.1. The smallest absolute Gasteiger partial charge is 0.336 e. The van der Waals surface area contributed by atoms with Crippen molar-refractivity contribution in [3.05, 3.63) is 69.4 Å². The molecule has 6 heteroatoms. The van der Waals surface area contributed by atoms with Crippen LogP contribution in [0.3, 0.4) is 0 Å². The van der Waals surface area contributed by atoms with Gasteiger partial charge in [0.2, 0.25) is 0 Å². The predicted molar refractivity (Wildman–Crippen MR) is 87.3 cm³/mol. The molecule has 0 radical (unpaired) electrons. The van der Waals surface area contributed by atoms with E-state index in [2.05, 4.69) is 0 Å². The van der Waals surface area contributed by atoms with Gasteiger partial charge in [-0.2, -0.15) is 0 Å². The first-order chi connectivity index (χ1) is 11.5. The standard InChI is InChI=1S/C18H10O6/c19-9-1-3-11-13(7-17(21)23-15(11)5-9)14-8-18(22)24-16-6-10(20)2-4-12(14)16/h1-8,19-20H. The highest BCUT2D eigenvalue weighted by Crippen LogP contribution is 2.34. The summed E-state index contributed by atoms with van der Waals surface area (Å²) in [5.41, 5.74) is 0.150. The Morgan fingerprint density at radius 1 is 0.625 bits per heavy atom. The molecule has 0 aliphatic rings. The van der Waals surface area contributed by atoms with Gasteiger partial charge in [0, 0.05) is 46.2 Å². The summed E-state index contributed by atoms with van der Waals surface area (Å²) in [5.74, 6) is -0.0738. The van der Waals surface area contributed by atoms with Gasteiger partial charge in [0.05, 0.1) is 0 Å². The van der Waals surface area contributed by atoms with Crippen LogP contribution in [0.5, 0.6) is 11.5 Å². The molecule has 0 aliphatic carbocycles. The van der Waals surface area contributed by atoms with E-state index >= 15 is 0 Å². The highest BCUT2D eigenvalue weighted by atomic mass is 16.4. The lowest BCUT2D eigenvalue weighted by Gasteiger charge is -2.08. The minimum absolute atomic E-state index is 0.0369. The van der Waals surface area contributed by atoms with E-state index in [0.717, 1.165) is 0 Å². The van der Waals surface area contributed by atoms with Gasteiger partial charge in [0.15, 0.2) is 0 Å². The number of fused-ring (bicyclic) bond motifs is 2. The van der Waals surface area contributed by atoms with Gasteiger partial charge in [-0.1, -0.05) is 0 Å². The molecule has 0 saturated heterocycles. The van der Waals surface area contributed by atoms with Crippen LogP contribution in [-0.2, 0) is 0 Å². The summed E-state index contributed by atoms with van der Waals surface area (Å²) in [5, 5.41) is 20.3. The van der Waals surface area contributed by atoms with E-state index in [0.29, 0.717) is 21.9 Å². The minimum Gasteiger partial charge on any atom is -0.508 e. The van der Waals surface area contributed by atoms with Crippen LogP contribution in [0.4, 0.5) is 0 Å². The summed E-state index contributed by atoms with van der Waals surface area (Å²) in [4.78, 5) is 23.7. The zero-order valence-corrected chi connectivity index (χ0v) is 12.1. The van der Waals surface area contributed by atoms with Gasteiger partial charge in [-0.15, -0.1) is 0 Å². The van der Waals surface area contributed by atoms with Gasteiger partial charge in [0.1, 0.15) is 22.7 Å². The van der Waals surface area contributed by atoms with Gasteiger partial charge < -0.3 is 19.0 Å². The molecule has 6 nitrogen and oxygen atoms in total. The molecule has 4 rings (SSSR count). The Morgan fingerprint density at radius 3 is 1.46 bits per heavy atom. The lowest BCUT2D eigenvalue weighted by Crippen LogP contribution is -2.02. The highest BCUT2D eigenvalue weighted by molar-refractivity contribution is 6.02. The van der Waals surface area contributed by atoms with Crippen LogP contribution in [0.25, 0.3) is 33.1 Å². The average molecular weight is 322 g/mol. The molecule has 0 atom stereocenters. The second-order valence-corrected chi connectivity index (χ2v) is 5.32. The summed E-state index contributed by atoms with van der Waals surface area (Å²) in [6.45, 7) is 0. The molecule has 0 spiro atoms. The van der Waals surface area contributed by atoms with E-state index in [4.69, 9.17) is 8.83 Å². The fourth-order valence-corrected chi connectivity index (χ4v) is 2.75. The molecule has 2 aromatic heterocycles. The van der Waals surface area contributed by atoms with Crippen LogP contribution in [0.15, 0.2) is 67.0 Å². The number of phenolic OH excluding ortho intramolecular Hbond substituents is 2. The number of hydrogen-bond acceptors (Lipinski definition) is 6. The van der Waals surface area contributed by atoms with Crippen LogP contribution >= 0.6 is 0 Å². The minimum atomic E-state index is -0.608. The normalized spacial score (nSPS) is 11.2. The van der Waals surface area contributed by atoms with E-state index in [-0.39, 0.29) is 22.7 Å². The zero-order chi connectivity index (χ0) is 16.8. The zero-order valence-electron chi connectivity index (χ0n) is 12.1. The maximum absolute atomic E-state index is 11.9. The fourth-order valence-electron chi connectivity index (χ4n) is 2.75. The van der Waals surface area contributed by atoms with Gasteiger partial charge in [0.25, 0.3) is 0 Å². The van der Waals surface area contributed by atoms with Gasteiger partial charge in [-0.3, -0.25) is 0 Å². The van der Waals surface area contributed by atoms with Gasteiger partial charge >= 0.3 is 11.3 Å². The predicted octanol–water partition coefficient (Wildman–Crippen LogP) is 2.98. The quantitative estimate of drug-likeness (QED) is 0.522. The Kier molecular flexibility index (Phi) is 2.93. The van der Waals surface area contributed by atoms with Gasteiger partial charge in [-0.05, 0) is 24.3 Å². The van der Waals surface area contributed by atoms with Crippen molar-refractivity contribution < 1.29 is 19.0 Å². The Labute approximate surface area is 133 Å². The van der Waals surface area contributed by atoms with E-state index < -0.39 is 11.3 Å². The summed E-state index contributed by atoms with van der Waals surface area (Å²) < 4.78 is 10.2. The lowest BCUT2D eigenvalue weighted by atomic mass is 9.99. The number of phenols is 2. The molecule has 2 N–H and O–H groups in total. The van der Waals surface area contributed by atoms with Crippen LogP contribution in [-0.4, -0.2) is 10.2 Å². The SMILES string of the molecule is O=c1cc(-c2cc(=O)oc3cc(O)ccc23)c2ccc(O)cc2o1. The summed E-state index contributed by atoms with van der Waals surface area (Å²) in [6.07, 6.45) is 0. The first-order valence-corrected chi connectivity index (χ1v) is 7.05. The molecule has 0 amide bonds. The molecule has 24 heavy (non-hydrogen) atoms. The lowest BCUT2D eigenvalue weighted by molar-refractivity contribution is 0.472. The number of aromatic hydroxyl groups is 2. The van der Waals surface area contributed by atoms with Crippen LogP contribution in [0.1, 0.15) is 0 Å². The monoisotopic (exact) mass is 322 g/mol. The largest absolute Gasteiger partial charge is 0.508 e. The van der Waals surface area contributed by atoms with E-state index in [1.54, 1.807) is 12.1 Å². The van der Waals surface area contributed by atoms with E-state index in [1.807, 2.05) is 0 Å². The molecule has 2 aromatic carbocycles. The van der Waals surface area contributed by atoms with Crippen molar-refractivity contribution in [3.8, 4) is 22.6 Å². The molecule has 4 aromatic rings. The van der Waals surface area contributed by atoms with E-state index in [9.17, 15) is 19.8 Å². The molecule has 0 fully saturated rings. The molecule has 0 saturated carbocycles. The number of benzene rings is 2. The molecular weight excluding hydrogens is 312 g/mol. The maximum atomic E-state index is 11.9. The van der Waals surface area contributed by atoms with Crippen molar-refractivity contribution in [3.63, 3.8) is 0 Å². The van der Waals surface area contributed by atoms with Crippen LogP contribution in [0.2, 0.25) is 0 Å². The number of hydrogen-bond donors (Lipinski definition) is 2. The maximum Gasteiger partial charge on any atom is 0.336 e. The Balaban J connectivity index is 2.17. The molecule has 0 aliphatic heterocycles. The Morgan fingerprint density at radius 2 is 1.04 bits per heavy atom. The summed E-state index contributed by atoms with van der Waals surface area (Å²) in [6, 6.07) is 11.4. The molecule has 0 unspecified atom stereocenters. The van der Waals surface area contributed by atoms with Gasteiger partial charge in [-0.25, -0.2) is 9.59 Å². The van der Waals surface area contributed by atoms with Crippen molar-refractivity contribution in [2.24, 2.45) is 0 Å². The summed E-state index contributed by atoms with van der Waals surface area (Å²) >= 11 is 0. The molecular formula is C18H10O6. The third-order valence-corrected chi connectivity index (χ3v) is 3.75. The summed E-state index contributed by atoms with van der Waals surface area (Å²) in [7, 11) is 0. The first-order valence-electron chi connectivity index (χ1n) is 7.05. The third-order valence-electron chi connectivity index (χ3n) is 3.75. The van der Waals surface area contributed by atoms with E-state index in [1.165, 1.54) is 36.4 Å². The van der Waals surface area contributed by atoms with Crippen molar-refractivity contribution in [2.45, 2.75) is 0 Å². The topological polar surface area (TPSA) is 101 Å².